The smallest absolute Gasteiger partial charge is 0.315 e. The van der Waals surface area contributed by atoms with Crippen molar-refractivity contribution < 1.29 is 4.79 Å². The second-order valence-corrected chi connectivity index (χ2v) is 5.25. The summed E-state index contributed by atoms with van der Waals surface area (Å²) in [5, 5.41) is 5.67. The molecule has 0 radical (unpaired) electrons. The lowest BCUT2D eigenvalue weighted by atomic mass is 10.3. The molecule has 0 atom stereocenters. The summed E-state index contributed by atoms with van der Waals surface area (Å²) in [6.45, 7) is 1.92. The summed E-state index contributed by atoms with van der Waals surface area (Å²) in [5.74, 6) is 0. The molecule has 6 heteroatoms. The van der Waals surface area contributed by atoms with Gasteiger partial charge >= 0.3 is 6.03 Å². The van der Waals surface area contributed by atoms with Crippen molar-refractivity contribution in [3.8, 4) is 0 Å². The number of pyridine rings is 1. The summed E-state index contributed by atoms with van der Waals surface area (Å²) >= 11 is 0. The molecule has 0 aliphatic carbocycles. The average molecular weight is 309 g/mol. The van der Waals surface area contributed by atoms with Crippen LogP contribution in [0.4, 0.5) is 4.79 Å². The Morgan fingerprint density at radius 2 is 2.04 bits per heavy atom. The fourth-order valence-corrected chi connectivity index (χ4v) is 2.39. The Morgan fingerprint density at radius 3 is 2.91 bits per heavy atom. The summed E-state index contributed by atoms with van der Waals surface area (Å²) in [4.78, 5) is 20.1. The van der Waals surface area contributed by atoms with Crippen LogP contribution in [0.3, 0.4) is 0 Å². The van der Waals surface area contributed by atoms with E-state index in [1.54, 1.807) is 12.4 Å². The first-order valence-corrected chi connectivity index (χ1v) is 7.63. The van der Waals surface area contributed by atoms with Crippen LogP contribution in [0, 0.1) is 0 Å². The van der Waals surface area contributed by atoms with Gasteiger partial charge in [-0.25, -0.2) is 9.78 Å². The van der Waals surface area contributed by atoms with Crippen molar-refractivity contribution in [2.24, 2.45) is 0 Å². The average Bonchev–Trinajstić information content (AvgIpc) is 3.01. The largest absolute Gasteiger partial charge is 0.338 e. The number of amides is 2. The molecule has 2 amide bonds. The molecule has 0 unspecified atom stereocenters. The van der Waals surface area contributed by atoms with E-state index < -0.39 is 0 Å². The van der Waals surface area contributed by atoms with Crippen molar-refractivity contribution in [1.82, 2.24) is 25.2 Å². The van der Waals surface area contributed by atoms with Crippen LogP contribution in [0.5, 0.6) is 0 Å². The highest BCUT2D eigenvalue weighted by molar-refractivity contribution is 5.75. The van der Waals surface area contributed by atoms with Gasteiger partial charge in [0.05, 0.1) is 17.4 Å². The van der Waals surface area contributed by atoms with Crippen molar-refractivity contribution >= 4 is 17.1 Å². The summed E-state index contributed by atoms with van der Waals surface area (Å²) in [6.07, 6.45) is 6.14. The van der Waals surface area contributed by atoms with E-state index in [4.69, 9.17) is 0 Å². The summed E-state index contributed by atoms with van der Waals surface area (Å²) < 4.78 is 2.10. The Balaban J connectivity index is 1.39. The molecule has 0 aliphatic rings. The third kappa shape index (κ3) is 4.06. The van der Waals surface area contributed by atoms with E-state index >= 15 is 0 Å². The molecule has 0 saturated heterocycles. The van der Waals surface area contributed by atoms with Crippen LogP contribution in [0.2, 0.25) is 0 Å². The second-order valence-electron chi connectivity index (χ2n) is 5.25. The molecule has 0 aliphatic heterocycles. The Bertz CT molecular complexity index is 769. The van der Waals surface area contributed by atoms with Crippen molar-refractivity contribution in [1.29, 1.82) is 0 Å². The molecule has 0 fully saturated rings. The van der Waals surface area contributed by atoms with Gasteiger partial charge in [0.25, 0.3) is 0 Å². The lowest BCUT2D eigenvalue weighted by molar-refractivity contribution is 0.240. The fraction of sp³-hybridized carbons (Fsp3) is 0.235. The normalized spacial score (nSPS) is 10.6. The summed E-state index contributed by atoms with van der Waals surface area (Å²) in [6, 6.07) is 11.6. The number of hydrogen-bond acceptors (Lipinski definition) is 3. The first-order valence-electron chi connectivity index (χ1n) is 7.63. The minimum Gasteiger partial charge on any atom is -0.338 e. The molecular formula is C17H19N5O. The number of hydrogen-bond donors (Lipinski definition) is 2. The monoisotopic (exact) mass is 309 g/mol. The first-order chi connectivity index (χ1) is 11.3. The number of urea groups is 1. The maximum absolute atomic E-state index is 11.7. The number of nitrogens with zero attached hydrogens (tertiary/aromatic N) is 3. The van der Waals surface area contributed by atoms with E-state index in [1.807, 2.05) is 36.7 Å². The number of fused-ring (bicyclic) bond motifs is 1. The molecule has 3 rings (SSSR count). The zero-order chi connectivity index (χ0) is 15.9. The molecule has 0 bridgehead atoms. The summed E-state index contributed by atoms with van der Waals surface area (Å²) in [7, 11) is 0. The van der Waals surface area contributed by atoms with Gasteiger partial charge in [-0.1, -0.05) is 18.2 Å². The van der Waals surface area contributed by atoms with Crippen LogP contribution in [0.1, 0.15) is 12.0 Å². The Hall–Kier alpha value is -2.89. The number of rotatable bonds is 6. The highest BCUT2D eigenvalue weighted by Crippen LogP contribution is 2.11. The van der Waals surface area contributed by atoms with E-state index in [0.29, 0.717) is 13.1 Å². The standard InChI is InChI=1S/C17H19N5O/c23-17(20-12-14-5-3-8-18-11-14)19-9-4-10-22-13-21-15-6-1-2-7-16(15)22/h1-3,5-8,11,13H,4,9-10,12H2,(H2,19,20,23). The molecule has 2 heterocycles. The number of carbonyl (C=O) groups is 1. The third-order valence-electron chi connectivity index (χ3n) is 3.56. The molecule has 6 nitrogen and oxygen atoms in total. The first kappa shape index (κ1) is 15.0. The fourth-order valence-electron chi connectivity index (χ4n) is 2.39. The number of nitrogens with one attached hydrogen (secondary N) is 2. The van der Waals surface area contributed by atoms with E-state index in [0.717, 1.165) is 29.6 Å². The highest BCUT2D eigenvalue weighted by Gasteiger charge is 2.02. The van der Waals surface area contributed by atoms with Crippen LogP contribution in [0.25, 0.3) is 11.0 Å². The summed E-state index contributed by atoms with van der Waals surface area (Å²) in [5.41, 5.74) is 3.09. The van der Waals surface area contributed by atoms with Gasteiger partial charge in [-0.2, -0.15) is 0 Å². The quantitative estimate of drug-likeness (QED) is 0.686. The van der Waals surface area contributed by atoms with Gasteiger partial charge in [-0.3, -0.25) is 4.98 Å². The molecule has 0 spiro atoms. The minimum absolute atomic E-state index is 0.163. The number of benzene rings is 1. The molecule has 3 aromatic rings. The highest BCUT2D eigenvalue weighted by atomic mass is 16.2. The molecule has 2 aromatic heterocycles. The Kier molecular flexibility index (Phi) is 4.83. The molecule has 118 valence electrons. The van der Waals surface area contributed by atoms with Gasteiger partial charge in [-0.05, 0) is 30.2 Å². The van der Waals surface area contributed by atoms with Crippen molar-refractivity contribution in [3.63, 3.8) is 0 Å². The van der Waals surface area contributed by atoms with Gasteiger partial charge in [-0.15, -0.1) is 0 Å². The SMILES string of the molecule is O=C(NCCCn1cnc2ccccc21)NCc1cccnc1. The van der Waals surface area contributed by atoms with Crippen molar-refractivity contribution in [2.75, 3.05) is 6.54 Å². The topological polar surface area (TPSA) is 71.8 Å². The van der Waals surface area contributed by atoms with Gasteiger partial charge in [0.15, 0.2) is 0 Å². The zero-order valence-corrected chi connectivity index (χ0v) is 12.8. The van der Waals surface area contributed by atoms with E-state index in [2.05, 4.69) is 31.2 Å². The molecule has 0 saturated carbocycles. The zero-order valence-electron chi connectivity index (χ0n) is 12.8. The van der Waals surface area contributed by atoms with Crippen molar-refractivity contribution in [2.45, 2.75) is 19.5 Å². The van der Waals surface area contributed by atoms with Gasteiger partial charge in [0.1, 0.15) is 0 Å². The van der Waals surface area contributed by atoms with Gasteiger partial charge < -0.3 is 15.2 Å². The van der Waals surface area contributed by atoms with Crippen LogP contribution in [0.15, 0.2) is 55.1 Å². The maximum atomic E-state index is 11.7. The van der Waals surface area contributed by atoms with Crippen LogP contribution in [-0.4, -0.2) is 27.1 Å². The molecule has 1 aromatic carbocycles. The van der Waals surface area contributed by atoms with E-state index in [1.165, 1.54) is 0 Å². The number of aromatic nitrogens is 3. The number of aryl methyl sites for hydroxylation is 1. The Morgan fingerprint density at radius 1 is 1.13 bits per heavy atom. The third-order valence-corrected chi connectivity index (χ3v) is 3.56. The minimum atomic E-state index is -0.163. The van der Waals surface area contributed by atoms with Gasteiger partial charge in [0, 0.05) is 32.0 Å². The molecular weight excluding hydrogens is 290 g/mol. The number of imidazole rings is 1. The molecule has 23 heavy (non-hydrogen) atoms. The lowest BCUT2D eigenvalue weighted by Gasteiger charge is -2.08. The second kappa shape index (κ2) is 7.40. The van der Waals surface area contributed by atoms with Crippen LogP contribution in [-0.2, 0) is 13.1 Å². The maximum Gasteiger partial charge on any atom is 0.315 e. The predicted octanol–water partition coefficient (Wildman–Crippen LogP) is 2.32. The van der Waals surface area contributed by atoms with Crippen LogP contribution < -0.4 is 10.6 Å². The lowest BCUT2D eigenvalue weighted by Crippen LogP contribution is -2.35. The van der Waals surface area contributed by atoms with E-state index in [-0.39, 0.29) is 6.03 Å². The Labute approximate surface area is 134 Å². The predicted molar refractivity (Wildman–Crippen MR) is 88.8 cm³/mol. The van der Waals surface area contributed by atoms with Crippen molar-refractivity contribution in [3.05, 3.63) is 60.7 Å². The number of para-hydroxylation sites is 2. The number of carbonyl (C=O) groups excluding carboxylic acids is 1. The molecule has 2 N–H and O–H groups in total. The van der Waals surface area contributed by atoms with Gasteiger partial charge in [0.2, 0.25) is 0 Å². The van der Waals surface area contributed by atoms with Crippen LogP contribution >= 0.6 is 0 Å². The van der Waals surface area contributed by atoms with E-state index in [9.17, 15) is 4.79 Å².